The minimum Gasteiger partial charge on any atom is -0.466 e. The Morgan fingerprint density at radius 3 is 2.05 bits per heavy atom. The van der Waals surface area contributed by atoms with Crippen molar-refractivity contribution in [1.29, 1.82) is 0 Å². The molecule has 1 amide bonds. The van der Waals surface area contributed by atoms with Gasteiger partial charge in [0, 0.05) is 0 Å². The van der Waals surface area contributed by atoms with Crippen molar-refractivity contribution >= 4 is 17.8 Å². The normalized spacial score (nSPS) is 12.4. The molecule has 0 heterocycles. The number of esters is 2. The molecule has 0 radical (unpaired) electrons. The maximum absolute atomic E-state index is 11.8. The lowest BCUT2D eigenvalue weighted by Crippen LogP contribution is -2.54. The molecule has 0 rings (SSSR count). The maximum atomic E-state index is 11.8. The van der Waals surface area contributed by atoms with E-state index in [-0.39, 0.29) is 13.2 Å². The minimum atomic E-state index is -0.714. The van der Waals surface area contributed by atoms with Gasteiger partial charge in [-0.1, -0.05) is 20.8 Å². The molecule has 0 aliphatic carbocycles. The van der Waals surface area contributed by atoms with E-state index in [1.807, 2.05) is 20.8 Å². The highest BCUT2D eigenvalue weighted by Gasteiger charge is 2.32. The number of nitrogens with one attached hydrogen (secondary N) is 2. The van der Waals surface area contributed by atoms with Crippen LogP contribution in [0, 0.1) is 5.41 Å². The Morgan fingerprint density at radius 1 is 1.05 bits per heavy atom. The van der Waals surface area contributed by atoms with Crippen LogP contribution in [0.25, 0.3) is 0 Å². The maximum Gasteiger partial charge on any atom is 0.325 e. The fourth-order valence-corrected chi connectivity index (χ4v) is 1.39. The zero-order valence-electron chi connectivity index (χ0n) is 12.7. The van der Waals surface area contributed by atoms with Crippen molar-refractivity contribution in [2.75, 3.05) is 13.2 Å². The van der Waals surface area contributed by atoms with Crippen molar-refractivity contribution in [3.63, 3.8) is 0 Å². The quantitative estimate of drug-likeness (QED) is 0.403. The van der Waals surface area contributed by atoms with Gasteiger partial charge in [-0.3, -0.25) is 19.8 Å². The van der Waals surface area contributed by atoms with Gasteiger partial charge in [0.25, 0.3) is 0 Å². The summed E-state index contributed by atoms with van der Waals surface area (Å²) in [7, 11) is 0. The van der Waals surface area contributed by atoms with E-state index in [2.05, 4.69) is 15.6 Å². The highest BCUT2D eigenvalue weighted by atomic mass is 16.5. The lowest BCUT2D eigenvalue weighted by molar-refractivity contribution is -0.149. The number of ether oxygens (including phenoxy) is 2. The molecule has 0 fully saturated rings. The monoisotopic (exact) mass is 288 g/mol. The summed E-state index contributed by atoms with van der Waals surface area (Å²) in [6, 6.07) is -0.714. The predicted molar refractivity (Wildman–Crippen MR) is 72.4 cm³/mol. The van der Waals surface area contributed by atoms with Crippen molar-refractivity contribution in [1.82, 2.24) is 10.9 Å². The van der Waals surface area contributed by atoms with Gasteiger partial charge < -0.3 is 9.47 Å². The molecule has 0 bridgehead atoms. The lowest BCUT2D eigenvalue weighted by Gasteiger charge is -2.29. The average Bonchev–Trinajstić information content (AvgIpc) is 2.27. The molecule has 7 nitrogen and oxygen atoms in total. The van der Waals surface area contributed by atoms with Crippen molar-refractivity contribution < 1.29 is 23.9 Å². The van der Waals surface area contributed by atoms with Crippen LogP contribution >= 0.6 is 0 Å². The van der Waals surface area contributed by atoms with Gasteiger partial charge in [0.2, 0.25) is 5.91 Å². The van der Waals surface area contributed by atoms with E-state index in [1.54, 1.807) is 13.8 Å². The average molecular weight is 288 g/mol. The molecule has 0 aliphatic heterocycles. The largest absolute Gasteiger partial charge is 0.466 e. The first-order valence-electron chi connectivity index (χ1n) is 6.59. The van der Waals surface area contributed by atoms with E-state index in [4.69, 9.17) is 4.74 Å². The number of hydrogen-bond donors (Lipinski definition) is 2. The second-order valence-corrected chi connectivity index (χ2v) is 5.23. The van der Waals surface area contributed by atoms with E-state index in [9.17, 15) is 14.4 Å². The summed E-state index contributed by atoms with van der Waals surface area (Å²) in [6.45, 7) is 9.33. The first kappa shape index (κ1) is 18.4. The van der Waals surface area contributed by atoms with Crippen LogP contribution in [0.5, 0.6) is 0 Å². The Labute approximate surface area is 119 Å². The van der Waals surface area contributed by atoms with Crippen LogP contribution in [0.3, 0.4) is 0 Å². The third kappa shape index (κ3) is 7.08. The van der Waals surface area contributed by atoms with Crippen LogP contribution < -0.4 is 10.9 Å². The fraction of sp³-hybridized carbons (Fsp3) is 0.769. The molecule has 0 saturated heterocycles. The Kier molecular flexibility index (Phi) is 7.83. The third-order valence-corrected chi connectivity index (χ3v) is 2.35. The molecule has 20 heavy (non-hydrogen) atoms. The minimum absolute atomic E-state index is 0.215. The molecule has 2 N–H and O–H groups in total. The lowest BCUT2D eigenvalue weighted by atomic mass is 9.87. The Morgan fingerprint density at radius 2 is 1.60 bits per heavy atom. The molecule has 1 unspecified atom stereocenters. The summed E-state index contributed by atoms with van der Waals surface area (Å²) >= 11 is 0. The molecule has 0 aromatic heterocycles. The van der Waals surface area contributed by atoms with Gasteiger partial charge in [-0.25, -0.2) is 5.43 Å². The van der Waals surface area contributed by atoms with Crippen molar-refractivity contribution in [3.8, 4) is 0 Å². The standard InChI is InChI=1S/C13H24N2O5/c1-6-19-10(17)8-9(16)14-15-11(13(3,4)5)12(18)20-7-2/h11,15H,6-8H2,1-5H3,(H,14,16). The number of carbonyl (C=O) groups is 3. The van der Waals surface area contributed by atoms with E-state index >= 15 is 0 Å². The molecule has 0 aliphatic rings. The topological polar surface area (TPSA) is 93.7 Å². The number of amides is 1. The molecular formula is C13H24N2O5. The van der Waals surface area contributed by atoms with Crippen molar-refractivity contribution in [2.24, 2.45) is 5.41 Å². The van der Waals surface area contributed by atoms with Crippen LogP contribution in [0.2, 0.25) is 0 Å². The SMILES string of the molecule is CCOC(=O)CC(=O)NNC(C(=O)OCC)C(C)(C)C. The molecule has 116 valence electrons. The molecule has 7 heteroatoms. The molecule has 0 spiro atoms. The molecule has 0 aromatic rings. The highest BCUT2D eigenvalue weighted by Crippen LogP contribution is 2.19. The molecular weight excluding hydrogens is 264 g/mol. The van der Waals surface area contributed by atoms with Crippen LogP contribution in [0.4, 0.5) is 0 Å². The molecule has 0 aromatic carbocycles. The van der Waals surface area contributed by atoms with Gasteiger partial charge in [0.1, 0.15) is 12.5 Å². The van der Waals surface area contributed by atoms with Crippen LogP contribution in [0.1, 0.15) is 41.0 Å². The van der Waals surface area contributed by atoms with Gasteiger partial charge in [-0.2, -0.15) is 0 Å². The highest BCUT2D eigenvalue weighted by molar-refractivity contribution is 5.94. The summed E-state index contributed by atoms with van der Waals surface area (Å²) in [5.74, 6) is -1.64. The second kappa shape index (κ2) is 8.52. The van der Waals surface area contributed by atoms with Crippen LogP contribution in [0.15, 0.2) is 0 Å². The zero-order chi connectivity index (χ0) is 15.8. The second-order valence-electron chi connectivity index (χ2n) is 5.23. The van der Waals surface area contributed by atoms with E-state index in [0.717, 1.165) is 0 Å². The zero-order valence-corrected chi connectivity index (χ0v) is 12.7. The predicted octanol–water partition coefficient (Wildman–Crippen LogP) is 0.538. The van der Waals surface area contributed by atoms with E-state index in [0.29, 0.717) is 0 Å². The number of hydrogen-bond acceptors (Lipinski definition) is 6. The summed E-state index contributed by atoms with van der Waals surface area (Å²) in [5, 5.41) is 0. The summed E-state index contributed by atoms with van der Waals surface area (Å²) in [5.41, 5.74) is 4.48. The Hall–Kier alpha value is -1.63. The first-order chi connectivity index (χ1) is 9.22. The summed E-state index contributed by atoms with van der Waals surface area (Å²) in [6.07, 6.45) is -0.402. The van der Waals surface area contributed by atoms with Gasteiger partial charge in [-0.15, -0.1) is 0 Å². The van der Waals surface area contributed by atoms with Crippen LogP contribution in [-0.2, 0) is 23.9 Å². The number of hydrazine groups is 1. The first-order valence-corrected chi connectivity index (χ1v) is 6.59. The van der Waals surface area contributed by atoms with Gasteiger partial charge >= 0.3 is 11.9 Å². The van der Waals surface area contributed by atoms with Gasteiger partial charge in [0.15, 0.2) is 0 Å². The molecule has 0 saturated carbocycles. The Bertz CT molecular complexity index is 349. The third-order valence-electron chi connectivity index (χ3n) is 2.35. The number of carbonyl (C=O) groups excluding carboxylic acids is 3. The van der Waals surface area contributed by atoms with Crippen molar-refractivity contribution in [2.45, 2.75) is 47.1 Å². The van der Waals surface area contributed by atoms with Gasteiger partial charge in [-0.05, 0) is 19.3 Å². The van der Waals surface area contributed by atoms with Crippen molar-refractivity contribution in [3.05, 3.63) is 0 Å². The van der Waals surface area contributed by atoms with Crippen LogP contribution in [-0.4, -0.2) is 37.1 Å². The Balaban J connectivity index is 4.44. The fourth-order valence-electron chi connectivity index (χ4n) is 1.39. The van der Waals surface area contributed by atoms with E-state index in [1.165, 1.54) is 0 Å². The summed E-state index contributed by atoms with van der Waals surface area (Å²) in [4.78, 5) is 34.4. The molecule has 1 atom stereocenters. The van der Waals surface area contributed by atoms with E-state index < -0.39 is 35.7 Å². The smallest absolute Gasteiger partial charge is 0.325 e. The van der Waals surface area contributed by atoms with Gasteiger partial charge in [0.05, 0.1) is 13.2 Å². The number of rotatable bonds is 7. The summed E-state index contributed by atoms with van der Waals surface area (Å²) < 4.78 is 9.59.